The van der Waals surface area contributed by atoms with Crippen LogP contribution in [-0.4, -0.2) is 66.8 Å². The molecule has 1 saturated heterocycles. The molecule has 0 aromatic rings. The van der Waals surface area contributed by atoms with Crippen molar-refractivity contribution in [1.82, 2.24) is 15.1 Å². The van der Waals surface area contributed by atoms with Gasteiger partial charge in [0.1, 0.15) is 5.60 Å². The summed E-state index contributed by atoms with van der Waals surface area (Å²) < 4.78 is 5.41. The molecule has 118 valence electrons. The molecule has 0 aliphatic carbocycles. The molecule has 0 aromatic heterocycles. The normalized spacial score (nSPS) is 18.9. The minimum atomic E-state index is -0.409. The Bertz CT molecular complexity index is 294. The molecule has 0 spiro atoms. The van der Waals surface area contributed by atoms with E-state index in [9.17, 15) is 4.79 Å². The Morgan fingerprint density at radius 1 is 1.25 bits per heavy atom. The van der Waals surface area contributed by atoms with E-state index < -0.39 is 5.60 Å². The largest absolute Gasteiger partial charge is 0.444 e. The van der Waals surface area contributed by atoms with Crippen molar-refractivity contribution in [3.05, 3.63) is 0 Å². The van der Waals surface area contributed by atoms with E-state index in [4.69, 9.17) is 4.74 Å². The summed E-state index contributed by atoms with van der Waals surface area (Å²) in [5, 5.41) is 3.36. The molecule has 1 aliphatic rings. The number of hydrogen-bond donors (Lipinski definition) is 1. The van der Waals surface area contributed by atoms with Crippen molar-refractivity contribution in [2.75, 3.05) is 39.3 Å². The summed E-state index contributed by atoms with van der Waals surface area (Å²) in [4.78, 5) is 16.3. The molecule has 1 amide bonds. The Labute approximate surface area is 123 Å². The lowest BCUT2D eigenvalue weighted by Gasteiger charge is -2.38. The molecule has 1 aliphatic heterocycles. The Morgan fingerprint density at radius 2 is 1.85 bits per heavy atom. The fourth-order valence-electron chi connectivity index (χ4n) is 2.34. The van der Waals surface area contributed by atoms with Gasteiger partial charge in [0.05, 0.1) is 0 Å². The Balaban J connectivity index is 2.30. The number of nitrogens with one attached hydrogen (secondary N) is 1. The van der Waals surface area contributed by atoms with Gasteiger partial charge in [0.15, 0.2) is 0 Å². The SMILES string of the molecule is CCNCCC(C)N1CCN(C(=O)OC(C)(C)C)CC1. The van der Waals surface area contributed by atoms with E-state index in [2.05, 4.69) is 24.1 Å². The zero-order valence-corrected chi connectivity index (χ0v) is 13.7. The molecule has 1 fully saturated rings. The molecule has 1 heterocycles. The second-order valence-electron chi connectivity index (χ2n) is 6.49. The van der Waals surface area contributed by atoms with Crippen molar-refractivity contribution in [3.63, 3.8) is 0 Å². The minimum absolute atomic E-state index is 0.183. The van der Waals surface area contributed by atoms with Crippen molar-refractivity contribution in [1.29, 1.82) is 0 Å². The van der Waals surface area contributed by atoms with E-state index in [0.29, 0.717) is 6.04 Å². The van der Waals surface area contributed by atoms with Crippen molar-refractivity contribution < 1.29 is 9.53 Å². The van der Waals surface area contributed by atoms with Crippen molar-refractivity contribution >= 4 is 6.09 Å². The lowest BCUT2D eigenvalue weighted by Crippen LogP contribution is -2.52. The summed E-state index contributed by atoms with van der Waals surface area (Å²) in [5.41, 5.74) is -0.409. The quantitative estimate of drug-likeness (QED) is 0.784. The number of amides is 1. The predicted molar refractivity (Wildman–Crippen MR) is 82.0 cm³/mol. The molecular weight excluding hydrogens is 254 g/mol. The monoisotopic (exact) mass is 285 g/mol. The minimum Gasteiger partial charge on any atom is -0.444 e. The Morgan fingerprint density at radius 3 is 2.35 bits per heavy atom. The number of carbonyl (C=O) groups is 1. The lowest BCUT2D eigenvalue weighted by molar-refractivity contribution is 0.0108. The first-order valence-corrected chi connectivity index (χ1v) is 7.76. The molecule has 1 N–H and O–H groups in total. The maximum absolute atomic E-state index is 12.0. The van der Waals surface area contributed by atoms with Gasteiger partial charge in [0.2, 0.25) is 0 Å². The van der Waals surface area contributed by atoms with Gasteiger partial charge in [-0.25, -0.2) is 4.79 Å². The summed E-state index contributed by atoms with van der Waals surface area (Å²) >= 11 is 0. The molecule has 5 heteroatoms. The first-order valence-electron chi connectivity index (χ1n) is 7.76. The smallest absolute Gasteiger partial charge is 0.410 e. The van der Waals surface area contributed by atoms with E-state index >= 15 is 0 Å². The number of ether oxygens (including phenoxy) is 1. The summed E-state index contributed by atoms with van der Waals surface area (Å²) in [7, 11) is 0. The first-order chi connectivity index (χ1) is 9.33. The maximum Gasteiger partial charge on any atom is 0.410 e. The standard InChI is InChI=1S/C15H31N3O2/c1-6-16-8-7-13(2)17-9-11-18(12-10-17)14(19)20-15(3,4)5/h13,16H,6-12H2,1-5H3. The molecule has 0 bridgehead atoms. The van der Waals surface area contributed by atoms with E-state index in [1.54, 1.807) is 0 Å². The van der Waals surface area contributed by atoms with Crippen molar-refractivity contribution in [3.8, 4) is 0 Å². The number of rotatable bonds is 5. The van der Waals surface area contributed by atoms with Gasteiger partial charge >= 0.3 is 6.09 Å². The maximum atomic E-state index is 12.0. The van der Waals surface area contributed by atoms with Crippen LogP contribution in [0.15, 0.2) is 0 Å². The topological polar surface area (TPSA) is 44.8 Å². The molecule has 1 rings (SSSR count). The van der Waals surface area contributed by atoms with Gasteiger partial charge in [-0.05, 0) is 47.2 Å². The fraction of sp³-hybridized carbons (Fsp3) is 0.933. The van der Waals surface area contributed by atoms with Gasteiger partial charge in [0, 0.05) is 32.2 Å². The first kappa shape index (κ1) is 17.2. The van der Waals surface area contributed by atoms with Crippen LogP contribution in [-0.2, 0) is 4.74 Å². The highest BCUT2D eigenvalue weighted by molar-refractivity contribution is 5.68. The average molecular weight is 285 g/mol. The summed E-state index contributed by atoms with van der Waals surface area (Å²) in [6.07, 6.45) is 0.970. The molecule has 1 unspecified atom stereocenters. The van der Waals surface area contributed by atoms with Crippen LogP contribution < -0.4 is 5.32 Å². The van der Waals surface area contributed by atoms with Crippen molar-refractivity contribution in [2.24, 2.45) is 0 Å². The zero-order chi connectivity index (χ0) is 15.2. The third kappa shape index (κ3) is 6.09. The van der Waals surface area contributed by atoms with Crippen molar-refractivity contribution in [2.45, 2.75) is 52.7 Å². The average Bonchev–Trinajstić information content (AvgIpc) is 2.37. The molecule has 1 atom stereocenters. The number of piperazine rings is 1. The van der Waals surface area contributed by atoms with Gasteiger partial charge in [-0.1, -0.05) is 6.92 Å². The van der Waals surface area contributed by atoms with Crippen LogP contribution in [0.3, 0.4) is 0 Å². The fourth-order valence-corrected chi connectivity index (χ4v) is 2.34. The van der Waals surface area contributed by atoms with Gasteiger partial charge < -0.3 is 15.0 Å². The molecule has 0 aromatic carbocycles. The predicted octanol–water partition coefficient (Wildman–Crippen LogP) is 1.93. The van der Waals surface area contributed by atoms with Gasteiger partial charge in [-0.15, -0.1) is 0 Å². The van der Waals surface area contributed by atoms with Gasteiger partial charge in [-0.2, -0.15) is 0 Å². The summed E-state index contributed by atoms with van der Waals surface area (Å²) in [6, 6.07) is 0.565. The second kappa shape index (κ2) is 7.84. The van der Waals surface area contributed by atoms with Crippen LogP contribution in [0, 0.1) is 0 Å². The number of carbonyl (C=O) groups excluding carboxylic acids is 1. The van der Waals surface area contributed by atoms with Crippen LogP contribution >= 0.6 is 0 Å². The van der Waals surface area contributed by atoms with E-state index in [-0.39, 0.29) is 6.09 Å². The van der Waals surface area contributed by atoms with Crippen LogP contribution in [0.4, 0.5) is 4.79 Å². The molecular formula is C15H31N3O2. The van der Waals surface area contributed by atoms with Crippen LogP contribution in [0.2, 0.25) is 0 Å². The molecule has 0 radical (unpaired) electrons. The molecule has 5 nitrogen and oxygen atoms in total. The van der Waals surface area contributed by atoms with E-state index in [0.717, 1.165) is 45.7 Å². The lowest BCUT2D eigenvalue weighted by atomic mass is 10.1. The molecule has 0 saturated carbocycles. The van der Waals surface area contributed by atoms with E-state index in [1.165, 1.54) is 0 Å². The van der Waals surface area contributed by atoms with Gasteiger partial charge in [-0.3, -0.25) is 4.90 Å². The number of hydrogen-bond acceptors (Lipinski definition) is 4. The third-order valence-electron chi connectivity index (χ3n) is 3.58. The van der Waals surface area contributed by atoms with Crippen LogP contribution in [0.25, 0.3) is 0 Å². The highest BCUT2D eigenvalue weighted by atomic mass is 16.6. The van der Waals surface area contributed by atoms with E-state index in [1.807, 2.05) is 25.7 Å². The van der Waals surface area contributed by atoms with Crippen LogP contribution in [0.5, 0.6) is 0 Å². The second-order valence-corrected chi connectivity index (χ2v) is 6.49. The zero-order valence-electron chi connectivity index (χ0n) is 13.7. The number of nitrogens with zero attached hydrogens (tertiary/aromatic N) is 2. The van der Waals surface area contributed by atoms with Crippen LogP contribution in [0.1, 0.15) is 41.0 Å². The summed E-state index contributed by atoms with van der Waals surface area (Å²) in [6.45, 7) is 15.6. The third-order valence-corrected chi connectivity index (χ3v) is 3.58. The highest BCUT2D eigenvalue weighted by Gasteiger charge is 2.27. The summed E-state index contributed by atoms with van der Waals surface area (Å²) in [5.74, 6) is 0. The van der Waals surface area contributed by atoms with Gasteiger partial charge in [0.25, 0.3) is 0 Å². The highest BCUT2D eigenvalue weighted by Crippen LogP contribution is 2.13. The molecule has 20 heavy (non-hydrogen) atoms. The Kier molecular flexibility index (Phi) is 6.76. The Hall–Kier alpha value is -0.810.